The van der Waals surface area contributed by atoms with Crippen LogP contribution in [-0.2, 0) is 0 Å². The predicted molar refractivity (Wildman–Crippen MR) is 78.1 cm³/mol. The van der Waals surface area contributed by atoms with Crippen molar-refractivity contribution >= 4 is 11.5 Å². The number of aromatic amines is 1. The summed E-state index contributed by atoms with van der Waals surface area (Å²) in [6.07, 6.45) is 0. The highest BCUT2D eigenvalue weighted by Crippen LogP contribution is 2.23. The average Bonchev–Trinajstić information content (AvgIpc) is 2.87. The summed E-state index contributed by atoms with van der Waals surface area (Å²) in [5, 5.41) is 6.88. The maximum absolute atomic E-state index is 5.62. The molecular weight excluding hydrogens is 238 g/mol. The minimum absolute atomic E-state index is 0.526. The van der Waals surface area contributed by atoms with Gasteiger partial charge in [-0.05, 0) is 24.7 Å². The van der Waals surface area contributed by atoms with Crippen molar-refractivity contribution in [1.29, 1.82) is 0 Å². The van der Waals surface area contributed by atoms with E-state index in [1.54, 1.807) is 0 Å². The number of benzene rings is 1. The third kappa shape index (κ3) is 2.56. The Morgan fingerprint density at radius 2 is 1.79 bits per heavy atom. The van der Waals surface area contributed by atoms with Crippen LogP contribution in [0.15, 0.2) is 30.3 Å². The third-order valence-electron chi connectivity index (χ3n) is 3.64. The van der Waals surface area contributed by atoms with Gasteiger partial charge in [-0.25, -0.2) is 0 Å². The van der Waals surface area contributed by atoms with E-state index < -0.39 is 0 Å². The number of H-pyrrole nitrogens is 1. The third-order valence-corrected chi connectivity index (χ3v) is 3.64. The molecule has 0 bridgehead atoms. The Bertz CT molecular complexity index is 537. The molecule has 1 aromatic carbocycles. The highest BCUT2D eigenvalue weighted by Gasteiger charge is 2.14. The van der Waals surface area contributed by atoms with Crippen LogP contribution in [0.2, 0.25) is 0 Å². The second-order valence-electron chi connectivity index (χ2n) is 5.04. The van der Waals surface area contributed by atoms with Gasteiger partial charge in [0, 0.05) is 37.9 Å². The van der Waals surface area contributed by atoms with Gasteiger partial charge in [0.25, 0.3) is 0 Å². The summed E-state index contributed by atoms with van der Waals surface area (Å²) in [4.78, 5) is 4.78. The second kappa shape index (κ2) is 4.93. The Morgan fingerprint density at radius 3 is 2.37 bits per heavy atom. The zero-order chi connectivity index (χ0) is 13.2. The van der Waals surface area contributed by atoms with Gasteiger partial charge in [-0.15, -0.1) is 0 Å². The van der Waals surface area contributed by atoms with Gasteiger partial charge in [-0.1, -0.05) is 12.1 Å². The molecule has 0 amide bonds. The lowest BCUT2D eigenvalue weighted by atomic mass is 10.1. The largest absolute Gasteiger partial charge is 0.382 e. The summed E-state index contributed by atoms with van der Waals surface area (Å²) in [5.41, 5.74) is 8.98. The molecule has 2 heterocycles. The van der Waals surface area contributed by atoms with Gasteiger partial charge in [-0.2, -0.15) is 5.10 Å². The lowest BCUT2D eigenvalue weighted by Crippen LogP contribution is -2.44. The van der Waals surface area contributed by atoms with Crippen molar-refractivity contribution in [2.24, 2.45) is 0 Å². The van der Waals surface area contributed by atoms with Crippen LogP contribution in [0.1, 0.15) is 0 Å². The second-order valence-corrected chi connectivity index (χ2v) is 5.04. The van der Waals surface area contributed by atoms with Crippen LogP contribution in [-0.4, -0.2) is 48.3 Å². The number of nitrogen functional groups attached to an aromatic ring is 1. The molecule has 5 heteroatoms. The first-order valence-corrected chi connectivity index (χ1v) is 6.57. The minimum atomic E-state index is 0.526. The highest BCUT2D eigenvalue weighted by atomic mass is 15.2. The molecule has 5 nitrogen and oxygen atoms in total. The Labute approximate surface area is 113 Å². The summed E-state index contributed by atoms with van der Waals surface area (Å²) in [6, 6.07) is 10.4. The zero-order valence-corrected chi connectivity index (χ0v) is 11.1. The first kappa shape index (κ1) is 12.0. The number of hydrogen-bond donors (Lipinski definition) is 2. The molecule has 0 aliphatic carbocycles. The Morgan fingerprint density at radius 1 is 1.11 bits per heavy atom. The molecule has 1 aliphatic rings. The molecule has 1 saturated heterocycles. The fourth-order valence-electron chi connectivity index (χ4n) is 2.40. The number of rotatable bonds is 2. The van der Waals surface area contributed by atoms with Crippen LogP contribution in [0.25, 0.3) is 11.3 Å². The molecule has 2 aromatic rings. The van der Waals surface area contributed by atoms with Crippen molar-refractivity contribution in [1.82, 2.24) is 15.1 Å². The van der Waals surface area contributed by atoms with E-state index in [2.05, 4.69) is 51.3 Å². The average molecular weight is 257 g/mol. The molecule has 100 valence electrons. The van der Waals surface area contributed by atoms with E-state index in [4.69, 9.17) is 5.73 Å². The molecule has 0 saturated carbocycles. The van der Waals surface area contributed by atoms with Crippen molar-refractivity contribution in [3.8, 4) is 11.3 Å². The van der Waals surface area contributed by atoms with Gasteiger partial charge < -0.3 is 15.5 Å². The van der Waals surface area contributed by atoms with Crippen molar-refractivity contribution < 1.29 is 0 Å². The molecule has 1 aromatic heterocycles. The van der Waals surface area contributed by atoms with Gasteiger partial charge in [0.05, 0.1) is 5.69 Å². The molecule has 0 atom stereocenters. The topological polar surface area (TPSA) is 61.2 Å². The van der Waals surface area contributed by atoms with Crippen molar-refractivity contribution in [2.45, 2.75) is 0 Å². The number of nitrogens with two attached hydrogens (primary N) is 1. The number of anilines is 2. The molecule has 1 fully saturated rings. The maximum atomic E-state index is 5.62. The van der Waals surface area contributed by atoms with Gasteiger partial charge >= 0.3 is 0 Å². The molecule has 19 heavy (non-hydrogen) atoms. The fourth-order valence-corrected chi connectivity index (χ4v) is 2.40. The van der Waals surface area contributed by atoms with Gasteiger partial charge in [0.15, 0.2) is 0 Å². The number of piperazine rings is 1. The number of nitrogens with one attached hydrogen (secondary N) is 1. The molecule has 0 unspecified atom stereocenters. The number of likely N-dealkylation sites (N-methyl/N-ethyl adjacent to an activating group) is 1. The molecule has 3 N–H and O–H groups in total. The smallest absolute Gasteiger partial charge is 0.145 e. The Kier molecular flexibility index (Phi) is 3.13. The van der Waals surface area contributed by atoms with E-state index in [9.17, 15) is 0 Å². The zero-order valence-electron chi connectivity index (χ0n) is 11.1. The lowest BCUT2D eigenvalue weighted by Gasteiger charge is -2.34. The highest BCUT2D eigenvalue weighted by molar-refractivity contribution is 5.65. The van der Waals surface area contributed by atoms with E-state index >= 15 is 0 Å². The Balaban J connectivity index is 1.75. The summed E-state index contributed by atoms with van der Waals surface area (Å²) in [6.45, 7) is 4.43. The summed E-state index contributed by atoms with van der Waals surface area (Å²) < 4.78 is 0. The molecular formula is C14H19N5. The normalized spacial score (nSPS) is 16.8. The fraction of sp³-hybridized carbons (Fsp3) is 0.357. The number of nitrogens with zero attached hydrogens (tertiary/aromatic N) is 3. The van der Waals surface area contributed by atoms with Crippen LogP contribution >= 0.6 is 0 Å². The van der Waals surface area contributed by atoms with Gasteiger partial charge in [0.1, 0.15) is 5.82 Å². The first-order chi connectivity index (χ1) is 9.22. The van der Waals surface area contributed by atoms with Crippen LogP contribution in [0.3, 0.4) is 0 Å². The molecule has 0 radical (unpaired) electrons. The van der Waals surface area contributed by atoms with Crippen LogP contribution in [0.4, 0.5) is 11.5 Å². The van der Waals surface area contributed by atoms with Gasteiger partial charge in [-0.3, -0.25) is 5.10 Å². The SMILES string of the molecule is CN1CCN(c2ccc(-c3cc(N)n[nH]3)cc2)CC1. The van der Waals surface area contributed by atoms with E-state index in [1.807, 2.05) is 6.07 Å². The van der Waals surface area contributed by atoms with E-state index in [0.717, 1.165) is 37.4 Å². The van der Waals surface area contributed by atoms with E-state index in [1.165, 1.54) is 5.69 Å². The summed E-state index contributed by atoms with van der Waals surface area (Å²) in [5.74, 6) is 0.526. The monoisotopic (exact) mass is 257 g/mol. The maximum Gasteiger partial charge on any atom is 0.145 e. The van der Waals surface area contributed by atoms with Crippen molar-refractivity contribution in [2.75, 3.05) is 43.9 Å². The van der Waals surface area contributed by atoms with Gasteiger partial charge in [0.2, 0.25) is 0 Å². The molecule has 3 rings (SSSR count). The van der Waals surface area contributed by atoms with Crippen LogP contribution in [0, 0.1) is 0 Å². The first-order valence-electron chi connectivity index (χ1n) is 6.57. The molecule has 1 aliphatic heterocycles. The van der Waals surface area contributed by atoms with Crippen LogP contribution < -0.4 is 10.6 Å². The van der Waals surface area contributed by atoms with E-state index in [0.29, 0.717) is 5.82 Å². The summed E-state index contributed by atoms with van der Waals surface area (Å²) in [7, 11) is 2.17. The standard InChI is InChI=1S/C14H19N5/c1-18-6-8-19(9-7-18)12-4-2-11(3-5-12)13-10-14(15)17-16-13/h2-5,10H,6-9H2,1H3,(H3,15,16,17). The molecule has 0 spiro atoms. The van der Waals surface area contributed by atoms with Crippen molar-refractivity contribution in [3.05, 3.63) is 30.3 Å². The number of hydrogen-bond acceptors (Lipinski definition) is 4. The predicted octanol–water partition coefficient (Wildman–Crippen LogP) is 1.41. The minimum Gasteiger partial charge on any atom is -0.382 e. The summed E-state index contributed by atoms with van der Waals surface area (Å²) >= 11 is 0. The van der Waals surface area contributed by atoms with E-state index in [-0.39, 0.29) is 0 Å². The Hall–Kier alpha value is -2.01. The quantitative estimate of drug-likeness (QED) is 0.854. The van der Waals surface area contributed by atoms with Crippen molar-refractivity contribution in [3.63, 3.8) is 0 Å². The van der Waals surface area contributed by atoms with Crippen LogP contribution in [0.5, 0.6) is 0 Å². The number of aromatic nitrogens is 2. The lowest BCUT2D eigenvalue weighted by molar-refractivity contribution is 0.313.